The molecule has 1 saturated carbocycles. The molecule has 4 aromatic heterocycles. The molecular weight excluding hydrogens is 582 g/mol. The fraction of sp³-hybridized carbons (Fsp3) is 0.529. The first kappa shape index (κ1) is 30.3. The molecule has 7 rings (SSSR count). The van der Waals surface area contributed by atoms with Crippen LogP contribution in [0.5, 0.6) is 0 Å². The lowest BCUT2D eigenvalue weighted by Gasteiger charge is -2.41. The number of aromatic nitrogens is 6. The molecule has 12 nitrogen and oxygen atoms in total. The highest BCUT2D eigenvalue weighted by molar-refractivity contribution is 5.84. The predicted octanol–water partition coefficient (Wildman–Crippen LogP) is 4.91. The average Bonchev–Trinajstić information content (AvgIpc) is 3.85. The maximum atomic E-state index is 13.0. The smallest absolute Gasteiger partial charge is 0.226 e. The van der Waals surface area contributed by atoms with E-state index in [0.29, 0.717) is 35.7 Å². The predicted molar refractivity (Wildman–Crippen MR) is 172 cm³/mol. The number of carbonyl (C=O) groups is 1. The maximum Gasteiger partial charge on any atom is 0.226 e. The van der Waals surface area contributed by atoms with E-state index in [1.165, 1.54) is 0 Å². The van der Waals surface area contributed by atoms with Gasteiger partial charge in [0.05, 0.1) is 54.6 Å². The highest BCUT2D eigenvalue weighted by atomic mass is 16.7. The second-order valence-corrected chi connectivity index (χ2v) is 13.1. The first-order valence-corrected chi connectivity index (χ1v) is 16.5. The lowest BCUT2D eigenvalue weighted by molar-refractivity contribution is -0.181. The van der Waals surface area contributed by atoms with Crippen LogP contribution in [0.1, 0.15) is 77.3 Å². The second-order valence-electron chi connectivity index (χ2n) is 13.1. The van der Waals surface area contributed by atoms with Gasteiger partial charge in [-0.3, -0.25) is 9.48 Å². The Hall–Kier alpha value is -4.34. The van der Waals surface area contributed by atoms with Gasteiger partial charge in [-0.25, -0.2) is 14.5 Å². The van der Waals surface area contributed by atoms with Crippen molar-refractivity contribution in [3.05, 3.63) is 48.7 Å². The van der Waals surface area contributed by atoms with Gasteiger partial charge in [0.1, 0.15) is 23.0 Å². The van der Waals surface area contributed by atoms with E-state index >= 15 is 0 Å². The number of rotatable bonds is 7. The summed E-state index contributed by atoms with van der Waals surface area (Å²) in [6.45, 7) is 8.97. The van der Waals surface area contributed by atoms with Gasteiger partial charge in [0.2, 0.25) is 5.91 Å². The highest BCUT2D eigenvalue weighted by Crippen LogP contribution is 2.41. The lowest BCUT2D eigenvalue weighted by Crippen LogP contribution is -2.50. The summed E-state index contributed by atoms with van der Waals surface area (Å²) in [5, 5.41) is 22.2. The number of ether oxygens (including phenoxy) is 2. The van der Waals surface area contributed by atoms with E-state index in [-0.39, 0.29) is 23.4 Å². The van der Waals surface area contributed by atoms with E-state index in [4.69, 9.17) is 24.5 Å². The third-order valence-corrected chi connectivity index (χ3v) is 10.1. The van der Waals surface area contributed by atoms with Crippen LogP contribution >= 0.6 is 0 Å². The average molecular weight is 624 g/mol. The fourth-order valence-corrected chi connectivity index (χ4v) is 7.23. The molecule has 3 fully saturated rings. The van der Waals surface area contributed by atoms with Crippen LogP contribution in [0.25, 0.3) is 28.0 Å². The Bertz CT molecular complexity index is 1750. The van der Waals surface area contributed by atoms with Gasteiger partial charge in [-0.2, -0.15) is 15.5 Å². The number of piperidine rings is 1. The fourth-order valence-electron chi connectivity index (χ4n) is 7.23. The molecule has 1 spiro atoms. The zero-order valence-electron chi connectivity index (χ0n) is 26.8. The molecule has 240 valence electrons. The second kappa shape index (κ2) is 12.1. The normalized spacial score (nSPS) is 19.6. The van der Waals surface area contributed by atoms with Crippen molar-refractivity contribution in [3.63, 3.8) is 0 Å². The summed E-state index contributed by atoms with van der Waals surface area (Å²) in [5.41, 5.74) is 3.79. The summed E-state index contributed by atoms with van der Waals surface area (Å²) in [7, 11) is 0. The molecule has 2 aliphatic heterocycles. The SMILES string of the molecule is CCC1(C(=O)NC(C)C)CCN(c2ccc(-c3nc(-c4cnn(C5CCC6(CC5)OCCO6)c4)cn4ncc(C#N)c34)cn2)CC1. The van der Waals surface area contributed by atoms with Gasteiger partial charge in [-0.15, -0.1) is 0 Å². The Labute approximate surface area is 268 Å². The van der Waals surface area contributed by atoms with Crippen molar-refractivity contribution in [3.8, 4) is 28.6 Å². The summed E-state index contributed by atoms with van der Waals surface area (Å²) >= 11 is 0. The molecular formula is C34H41N9O3. The molecule has 1 amide bonds. The molecule has 3 aliphatic rings. The molecule has 0 bridgehead atoms. The third-order valence-electron chi connectivity index (χ3n) is 10.1. The Morgan fingerprint density at radius 1 is 1.04 bits per heavy atom. The zero-order chi connectivity index (χ0) is 31.9. The molecule has 2 saturated heterocycles. The number of nitriles is 1. The minimum absolute atomic E-state index is 0.127. The van der Waals surface area contributed by atoms with Crippen molar-refractivity contribution in [2.75, 3.05) is 31.2 Å². The topological polar surface area (TPSA) is 135 Å². The van der Waals surface area contributed by atoms with Crippen molar-refractivity contribution >= 4 is 17.2 Å². The number of fused-ring (bicyclic) bond motifs is 1. The van der Waals surface area contributed by atoms with Crippen LogP contribution in [-0.2, 0) is 14.3 Å². The standard InChI is InChI=1S/C34H41N9O3/c1-4-33(32(44)39-23(2)3)11-13-41(14-12-33)29-6-5-24(18-36-29)30-31-25(17-35)19-38-43(31)22-28(40-30)26-20-37-42(21-26)27-7-9-34(10-8-27)45-15-16-46-34/h5-6,18-23,27H,4,7-16H2,1-3H3,(H,39,44). The molecule has 46 heavy (non-hydrogen) atoms. The van der Waals surface area contributed by atoms with Crippen molar-refractivity contribution in [1.29, 1.82) is 5.26 Å². The third kappa shape index (κ3) is 5.52. The number of hydrogen-bond acceptors (Lipinski definition) is 9. The summed E-state index contributed by atoms with van der Waals surface area (Å²) in [6, 6.07) is 6.66. The summed E-state index contributed by atoms with van der Waals surface area (Å²) in [4.78, 5) is 25.1. The summed E-state index contributed by atoms with van der Waals surface area (Å²) in [6.07, 6.45) is 15.1. The first-order chi connectivity index (χ1) is 22.3. The minimum Gasteiger partial charge on any atom is -0.357 e. The Balaban J connectivity index is 1.12. The van der Waals surface area contributed by atoms with Gasteiger partial charge < -0.3 is 19.7 Å². The molecule has 12 heteroatoms. The van der Waals surface area contributed by atoms with Gasteiger partial charge in [0.15, 0.2) is 5.79 Å². The minimum atomic E-state index is -0.409. The number of hydrogen-bond donors (Lipinski definition) is 1. The Morgan fingerprint density at radius 3 is 2.46 bits per heavy atom. The van der Waals surface area contributed by atoms with Crippen molar-refractivity contribution in [2.24, 2.45) is 5.41 Å². The van der Waals surface area contributed by atoms with Gasteiger partial charge in [0, 0.05) is 55.5 Å². The van der Waals surface area contributed by atoms with E-state index in [9.17, 15) is 10.1 Å². The number of nitrogens with zero attached hydrogens (tertiary/aromatic N) is 8. The Morgan fingerprint density at radius 2 is 1.80 bits per heavy atom. The highest BCUT2D eigenvalue weighted by Gasteiger charge is 2.41. The molecule has 0 unspecified atom stereocenters. The largest absolute Gasteiger partial charge is 0.357 e. The van der Waals surface area contributed by atoms with Gasteiger partial charge in [-0.05, 0) is 58.1 Å². The van der Waals surface area contributed by atoms with E-state index in [1.807, 2.05) is 55.4 Å². The summed E-state index contributed by atoms with van der Waals surface area (Å²) < 4.78 is 15.6. The van der Waals surface area contributed by atoms with Crippen LogP contribution in [0.2, 0.25) is 0 Å². The Kier molecular flexibility index (Phi) is 7.98. The van der Waals surface area contributed by atoms with Gasteiger partial charge >= 0.3 is 0 Å². The van der Waals surface area contributed by atoms with E-state index in [2.05, 4.69) is 28.3 Å². The van der Waals surface area contributed by atoms with Crippen LogP contribution in [0.3, 0.4) is 0 Å². The van der Waals surface area contributed by atoms with E-state index in [0.717, 1.165) is 75.0 Å². The molecule has 0 atom stereocenters. The number of amides is 1. The number of carbonyl (C=O) groups excluding carboxylic acids is 1. The molecule has 0 radical (unpaired) electrons. The zero-order valence-corrected chi connectivity index (χ0v) is 26.8. The monoisotopic (exact) mass is 623 g/mol. The van der Waals surface area contributed by atoms with Gasteiger partial charge in [-0.1, -0.05) is 6.92 Å². The number of anilines is 1. The molecule has 6 heterocycles. The van der Waals surface area contributed by atoms with Crippen LogP contribution in [0.4, 0.5) is 5.82 Å². The molecule has 1 N–H and O–H groups in total. The van der Waals surface area contributed by atoms with E-state index in [1.54, 1.807) is 10.7 Å². The van der Waals surface area contributed by atoms with Crippen LogP contribution < -0.4 is 10.2 Å². The van der Waals surface area contributed by atoms with Crippen molar-refractivity contribution in [1.82, 2.24) is 34.7 Å². The molecule has 4 aromatic rings. The number of pyridine rings is 1. The summed E-state index contributed by atoms with van der Waals surface area (Å²) in [5.74, 6) is 0.611. The first-order valence-electron chi connectivity index (χ1n) is 16.5. The number of nitrogens with one attached hydrogen (secondary N) is 1. The van der Waals surface area contributed by atoms with Crippen LogP contribution in [0.15, 0.2) is 43.1 Å². The van der Waals surface area contributed by atoms with Crippen LogP contribution in [0, 0.1) is 16.7 Å². The van der Waals surface area contributed by atoms with Crippen molar-refractivity contribution in [2.45, 2.75) is 83.6 Å². The van der Waals surface area contributed by atoms with Gasteiger partial charge in [0.25, 0.3) is 0 Å². The molecule has 0 aromatic carbocycles. The quantitative estimate of drug-likeness (QED) is 0.305. The van der Waals surface area contributed by atoms with Crippen molar-refractivity contribution < 1.29 is 14.3 Å². The van der Waals surface area contributed by atoms with E-state index < -0.39 is 5.79 Å². The molecule has 1 aliphatic carbocycles. The van der Waals surface area contributed by atoms with Crippen LogP contribution in [-0.4, -0.2) is 73.4 Å². The lowest BCUT2D eigenvalue weighted by atomic mass is 9.75. The maximum absolute atomic E-state index is 13.0.